The average molecular weight is 510 g/mol. The number of amides is 2. The van der Waals surface area contributed by atoms with E-state index >= 15 is 0 Å². The van der Waals surface area contributed by atoms with Crippen molar-refractivity contribution in [1.29, 1.82) is 0 Å². The van der Waals surface area contributed by atoms with Crippen LogP contribution in [0, 0.1) is 0 Å². The van der Waals surface area contributed by atoms with Crippen molar-refractivity contribution >= 4 is 39.1 Å². The predicted molar refractivity (Wildman–Crippen MR) is 135 cm³/mol. The Bertz CT molecular complexity index is 1080. The van der Waals surface area contributed by atoms with Gasteiger partial charge in [-0.05, 0) is 43.5 Å². The lowest BCUT2D eigenvalue weighted by molar-refractivity contribution is -0.138. The van der Waals surface area contributed by atoms with Gasteiger partial charge in [0.1, 0.15) is 18.3 Å². The molecule has 0 radical (unpaired) electrons. The Balaban J connectivity index is 2.32. The van der Waals surface area contributed by atoms with Crippen LogP contribution in [0.15, 0.2) is 48.5 Å². The van der Waals surface area contributed by atoms with Crippen molar-refractivity contribution in [3.63, 3.8) is 0 Å². The Hall–Kier alpha value is -2.78. The molecular formula is C24H32ClN3O5S. The van der Waals surface area contributed by atoms with Gasteiger partial charge in [-0.3, -0.25) is 13.9 Å². The molecule has 0 heterocycles. The van der Waals surface area contributed by atoms with Crippen LogP contribution in [0.4, 0.5) is 5.69 Å². The summed E-state index contributed by atoms with van der Waals surface area (Å²) in [5.74, 6) is -0.398. The van der Waals surface area contributed by atoms with Gasteiger partial charge < -0.3 is 15.0 Å². The number of carbonyl (C=O) groups excluding carboxylic acids is 2. The van der Waals surface area contributed by atoms with E-state index in [1.54, 1.807) is 6.92 Å². The second kappa shape index (κ2) is 12.6. The van der Waals surface area contributed by atoms with Gasteiger partial charge >= 0.3 is 0 Å². The summed E-state index contributed by atoms with van der Waals surface area (Å²) >= 11 is 6.19. The molecule has 0 aliphatic rings. The lowest BCUT2D eigenvalue weighted by Gasteiger charge is -2.31. The maximum Gasteiger partial charge on any atom is 0.244 e. The van der Waals surface area contributed by atoms with Crippen LogP contribution in [-0.4, -0.2) is 64.2 Å². The molecule has 0 aliphatic carbocycles. The van der Waals surface area contributed by atoms with Gasteiger partial charge in [-0.15, -0.1) is 0 Å². The lowest BCUT2D eigenvalue weighted by atomic mass is 10.1. The fourth-order valence-electron chi connectivity index (χ4n) is 3.39. The zero-order valence-electron chi connectivity index (χ0n) is 20.0. The number of hydrogen-bond donors (Lipinski definition) is 1. The molecule has 0 unspecified atom stereocenters. The zero-order chi connectivity index (χ0) is 25.3. The maximum absolute atomic E-state index is 13.4. The highest BCUT2D eigenvalue weighted by atomic mass is 35.5. The van der Waals surface area contributed by atoms with Crippen LogP contribution in [-0.2, 0) is 26.0 Å². The average Bonchev–Trinajstić information content (AvgIpc) is 2.80. The number of anilines is 1. The molecule has 0 saturated heterocycles. The Morgan fingerprint density at radius 3 is 2.38 bits per heavy atom. The van der Waals surface area contributed by atoms with E-state index in [0.29, 0.717) is 18.7 Å². The number of sulfonamides is 1. The monoisotopic (exact) mass is 509 g/mol. The summed E-state index contributed by atoms with van der Waals surface area (Å²) in [6, 6.07) is 13.3. The molecule has 0 saturated carbocycles. The Morgan fingerprint density at radius 2 is 1.82 bits per heavy atom. The van der Waals surface area contributed by atoms with Crippen LogP contribution in [0.2, 0.25) is 5.02 Å². The normalized spacial score (nSPS) is 12.0. The van der Waals surface area contributed by atoms with E-state index in [1.165, 1.54) is 30.2 Å². The first-order valence-electron chi connectivity index (χ1n) is 11.0. The summed E-state index contributed by atoms with van der Waals surface area (Å²) in [6.45, 7) is 3.85. The first kappa shape index (κ1) is 27.5. The van der Waals surface area contributed by atoms with Crippen molar-refractivity contribution in [2.45, 2.75) is 32.7 Å². The van der Waals surface area contributed by atoms with Crippen molar-refractivity contribution in [2.75, 3.05) is 37.3 Å². The Kier molecular flexibility index (Phi) is 10.2. The summed E-state index contributed by atoms with van der Waals surface area (Å²) < 4.78 is 31.3. The predicted octanol–water partition coefficient (Wildman–Crippen LogP) is 3.10. The number of benzene rings is 2. The number of methoxy groups -OCH3 is 1. The minimum atomic E-state index is -3.82. The molecule has 2 rings (SSSR count). The molecule has 0 bridgehead atoms. The summed E-state index contributed by atoms with van der Waals surface area (Å²) in [4.78, 5) is 27.5. The summed E-state index contributed by atoms with van der Waals surface area (Å²) in [6.07, 6.45) is 2.30. The van der Waals surface area contributed by atoms with Gasteiger partial charge in [0.2, 0.25) is 21.8 Å². The van der Waals surface area contributed by atoms with Crippen molar-refractivity contribution in [3.8, 4) is 5.75 Å². The van der Waals surface area contributed by atoms with E-state index < -0.39 is 28.5 Å². The van der Waals surface area contributed by atoms with E-state index in [2.05, 4.69) is 5.32 Å². The minimum Gasteiger partial charge on any atom is -0.495 e. The van der Waals surface area contributed by atoms with Gasteiger partial charge in [-0.2, -0.15) is 0 Å². The number of rotatable bonds is 12. The first-order valence-corrected chi connectivity index (χ1v) is 13.2. The number of nitrogens with one attached hydrogen (secondary N) is 1. The van der Waals surface area contributed by atoms with E-state index in [4.69, 9.17) is 16.3 Å². The maximum atomic E-state index is 13.4. The van der Waals surface area contributed by atoms with Crippen LogP contribution < -0.4 is 14.4 Å². The standard InChI is InChI=1S/C24H32ClN3O5S/c1-5-14-26-24(30)18(2)27(15-13-19-9-7-6-8-10-19)23(29)17-28(34(4,31)32)20-11-12-22(33-3)21(25)16-20/h6-12,16,18H,5,13-15,17H2,1-4H3,(H,26,30)/t18-/m0/s1. The third-order valence-corrected chi connectivity index (χ3v) is 6.74. The van der Waals surface area contributed by atoms with Gasteiger partial charge in [-0.1, -0.05) is 48.9 Å². The quantitative estimate of drug-likeness (QED) is 0.474. The van der Waals surface area contributed by atoms with Crippen molar-refractivity contribution in [1.82, 2.24) is 10.2 Å². The molecule has 2 amide bonds. The fraction of sp³-hybridized carbons (Fsp3) is 0.417. The van der Waals surface area contributed by atoms with E-state index in [-0.39, 0.29) is 23.2 Å². The fourth-order valence-corrected chi connectivity index (χ4v) is 4.48. The van der Waals surface area contributed by atoms with Crippen LogP contribution in [0.25, 0.3) is 0 Å². The van der Waals surface area contributed by atoms with Gasteiger partial charge in [0.05, 0.1) is 24.1 Å². The molecule has 0 spiro atoms. The zero-order valence-corrected chi connectivity index (χ0v) is 21.5. The topological polar surface area (TPSA) is 96.0 Å². The van der Waals surface area contributed by atoms with E-state index in [9.17, 15) is 18.0 Å². The molecule has 8 nitrogen and oxygen atoms in total. The van der Waals surface area contributed by atoms with Crippen LogP contribution in [0.1, 0.15) is 25.8 Å². The summed E-state index contributed by atoms with van der Waals surface area (Å²) in [5, 5.41) is 3.02. The van der Waals surface area contributed by atoms with Gasteiger partial charge in [0.15, 0.2) is 0 Å². The molecule has 34 heavy (non-hydrogen) atoms. The second-order valence-electron chi connectivity index (χ2n) is 7.88. The van der Waals surface area contributed by atoms with Gasteiger partial charge in [0, 0.05) is 13.1 Å². The molecule has 1 N–H and O–H groups in total. The number of hydrogen-bond acceptors (Lipinski definition) is 5. The first-order chi connectivity index (χ1) is 16.1. The van der Waals surface area contributed by atoms with Gasteiger partial charge in [-0.25, -0.2) is 8.42 Å². The molecule has 186 valence electrons. The van der Waals surface area contributed by atoms with Crippen LogP contribution in [0.5, 0.6) is 5.75 Å². The highest BCUT2D eigenvalue weighted by Crippen LogP contribution is 2.30. The molecule has 0 aliphatic heterocycles. The smallest absolute Gasteiger partial charge is 0.244 e. The van der Waals surface area contributed by atoms with Gasteiger partial charge in [0.25, 0.3) is 0 Å². The van der Waals surface area contributed by atoms with Crippen molar-refractivity contribution < 1.29 is 22.7 Å². The van der Waals surface area contributed by atoms with Crippen molar-refractivity contribution in [3.05, 3.63) is 59.1 Å². The van der Waals surface area contributed by atoms with E-state index in [1.807, 2.05) is 37.3 Å². The molecule has 10 heteroatoms. The molecule has 2 aromatic rings. The molecule has 1 atom stereocenters. The number of halogens is 1. The van der Waals surface area contributed by atoms with Crippen molar-refractivity contribution in [2.24, 2.45) is 0 Å². The third-order valence-electron chi connectivity index (χ3n) is 5.30. The molecular weight excluding hydrogens is 478 g/mol. The summed E-state index contributed by atoms with van der Waals surface area (Å²) in [5.41, 5.74) is 1.23. The SMILES string of the molecule is CCCNC(=O)[C@H](C)N(CCc1ccccc1)C(=O)CN(c1ccc(OC)c(Cl)c1)S(C)(=O)=O. The summed E-state index contributed by atoms with van der Waals surface area (Å²) in [7, 11) is -2.37. The Morgan fingerprint density at radius 1 is 1.15 bits per heavy atom. The highest BCUT2D eigenvalue weighted by Gasteiger charge is 2.29. The Labute approximate surface area is 206 Å². The molecule has 0 fully saturated rings. The van der Waals surface area contributed by atoms with E-state index in [0.717, 1.165) is 22.5 Å². The molecule has 2 aromatic carbocycles. The second-order valence-corrected chi connectivity index (χ2v) is 10.2. The van der Waals surface area contributed by atoms with Crippen LogP contribution in [0.3, 0.4) is 0 Å². The number of ether oxygens (including phenoxy) is 1. The number of nitrogens with zero attached hydrogens (tertiary/aromatic N) is 2. The van der Waals surface area contributed by atoms with Crippen LogP contribution >= 0.6 is 11.6 Å². The number of carbonyl (C=O) groups is 2. The highest BCUT2D eigenvalue weighted by molar-refractivity contribution is 7.92. The molecule has 0 aromatic heterocycles. The minimum absolute atomic E-state index is 0.217. The third kappa shape index (κ3) is 7.63. The lowest BCUT2D eigenvalue weighted by Crippen LogP contribution is -2.52. The largest absolute Gasteiger partial charge is 0.495 e.